The number of benzene rings is 1. The SMILES string of the molecule is O=C(CN1CC(O)C(O)C1)c1ccccc1F. The molecule has 2 atom stereocenters. The van der Waals surface area contributed by atoms with Gasteiger partial charge in [0.2, 0.25) is 0 Å². The number of ketones is 1. The van der Waals surface area contributed by atoms with Crippen LogP contribution < -0.4 is 0 Å². The standard InChI is InChI=1S/C12H14FNO3/c13-9-4-2-1-3-8(9)10(15)5-14-6-11(16)12(17)7-14/h1-4,11-12,16-17H,5-7H2. The van der Waals surface area contributed by atoms with E-state index in [1.54, 1.807) is 11.0 Å². The Balaban J connectivity index is 2.01. The second-order valence-electron chi connectivity index (χ2n) is 4.23. The molecular formula is C12H14FNO3. The van der Waals surface area contributed by atoms with Crippen molar-refractivity contribution in [1.29, 1.82) is 0 Å². The zero-order chi connectivity index (χ0) is 12.4. The van der Waals surface area contributed by atoms with Gasteiger partial charge in [-0.25, -0.2) is 4.39 Å². The molecule has 1 aliphatic heterocycles. The van der Waals surface area contributed by atoms with Gasteiger partial charge in [-0.2, -0.15) is 0 Å². The maximum absolute atomic E-state index is 13.3. The van der Waals surface area contributed by atoms with Crippen molar-refractivity contribution in [3.05, 3.63) is 35.6 Å². The van der Waals surface area contributed by atoms with Gasteiger partial charge in [0, 0.05) is 13.1 Å². The Kier molecular flexibility index (Phi) is 3.51. The maximum Gasteiger partial charge on any atom is 0.179 e. The minimum absolute atomic E-state index is 0.00898. The smallest absolute Gasteiger partial charge is 0.179 e. The highest BCUT2D eigenvalue weighted by Crippen LogP contribution is 2.13. The lowest BCUT2D eigenvalue weighted by atomic mass is 10.1. The summed E-state index contributed by atoms with van der Waals surface area (Å²) in [6, 6.07) is 5.79. The summed E-state index contributed by atoms with van der Waals surface area (Å²) in [7, 11) is 0. The molecule has 1 heterocycles. The highest BCUT2D eigenvalue weighted by atomic mass is 19.1. The maximum atomic E-state index is 13.3. The van der Waals surface area contributed by atoms with Crippen LogP contribution in [0.3, 0.4) is 0 Å². The molecular weight excluding hydrogens is 225 g/mol. The molecule has 0 aromatic heterocycles. The number of rotatable bonds is 3. The van der Waals surface area contributed by atoms with E-state index in [1.807, 2.05) is 0 Å². The first-order valence-electron chi connectivity index (χ1n) is 5.44. The monoisotopic (exact) mass is 239 g/mol. The molecule has 0 bridgehead atoms. The van der Waals surface area contributed by atoms with Gasteiger partial charge < -0.3 is 10.2 Å². The van der Waals surface area contributed by atoms with Crippen molar-refractivity contribution in [3.63, 3.8) is 0 Å². The van der Waals surface area contributed by atoms with Gasteiger partial charge in [0.15, 0.2) is 5.78 Å². The molecule has 0 radical (unpaired) electrons. The van der Waals surface area contributed by atoms with E-state index in [1.165, 1.54) is 18.2 Å². The van der Waals surface area contributed by atoms with E-state index in [-0.39, 0.29) is 31.0 Å². The molecule has 1 saturated heterocycles. The zero-order valence-corrected chi connectivity index (χ0v) is 9.21. The predicted molar refractivity (Wildman–Crippen MR) is 59.2 cm³/mol. The average molecular weight is 239 g/mol. The minimum Gasteiger partial charge on any atom is -0.389 e. The van der Waals surface area contributed by atoms with Crippen LogP contribution in [0.25, 0.3) is 0 Å². The Morgan fingerprint density at radius 1 is 1.29 bits per heavy atom. The van der Waals surface area contributed by atoms with Gasteiger partial charge in [0.25, 0.3) is 0 Å². The highest BCUT2D eigenvalue weighted by Gasteiger charge is 2.30. The van der Waals surface area contributed by atoms with E-state index in [0.717, 1.165) is 0 Å². The number of halogens is 1. The second-order valence-corrected chi connectivity index (χ2v) is 4.23. The van der Waals surface area contributed by atoms with E-state index in [4.69, 9.17) is 0 Å². The van der Waals surface area contributed by atoms with Crippen molar-refractivity contribution in [3.8, 4) is 0 Å². The number of carbonyl (C=O) groups excluding carboxylic acids is 1. The summed E-state index contributed by atoms with van der Waals surface area (Å²) in [6.45, 7) is 0.484. The van der Waals surface area contributed by atoms with Crippen LogP contribution in [-0.4, -0.2) is 52.7 Å². The molecule has 1 aliphatic rings. The summed E-state index contributed by atoms with van der Waals surface area (Å²) < 4.78 is 13.3. The molecule has 92 valence electrons. The molecule has 4 nitrogen and oxygen atoms in total. The molecule has 2 N–H and O–H groups in total. The Morgan fingerprint density at radius 2 is 1.88 bits per heavy atom. The molecule has 2 unspecified atom stereocenters. The van der Waals surface area contributed by atoms with Gasteiger partial charge >= 0.3 is 0 Å². The Bertz CT molecular complexity index is 414. The van der Waals surface area contributed by atoms with Crippen molar-refractivity contribution in [1.82, 2.24) is 4.90 Å². The number of likely N-dealkylation sites (tertiary alicyclic amines) is 1. The number of hydrogen-bond donors (Lipinski definition) is 2. The van der Waals surface area contributed by atoms with Crippen molar-refractivity contribution in [2.24, 2.45) is 0 Å². The number of β-amino-alcohol motifs (C(OH)–C–C–N with tert-alkyl or cyclic N) is 2. The predicted octanol–water partition coefficient (Wildman–Crippen LogP) is 0.0458. The number of Topliss-reactive ketones (excluding diaryl/α,β-unsaturated/α-hetero) is 1. The molecule has 1 aromatic carbocycles. The summed E-state index contributed by atoms with van der Waals surface area (Å²) in [5.74, 6) is -0.887. The number of nitrogens with zero attached hydrogens (tertiary/aromatic N) is 1. The van der Waals surface area contributed by atoms with Crippen molar-refractivity contribution < 1.29 is 19.4 Å². The van der Waals surface area contributed by atoms with Gasteiger partial charge in [-0.05, 0) is 12.1 Å². The van der Waals surface area contributed by atoms with Crippen LogP contribution in [0.2, 0.25) is 0 Å². The average Bonchev–Trinajstić information content (AvgIpc) is 2.58. The third-order valence-electron chi connectivity index (χ3n) is 2.88. The summed E-state index contributed by atoms with van der Waals surface area (Å²) in [6.07, 6.45) is -1.66. The Morgan fingerprint density at radius 3 is 2.47 bits per heavy atom. The minimum atomic E-state index is -0.830. The number of aliphatic hydroxyl groups excluding tert-OH is 2. The van der Waals surface area contributed by atoms with Crippen LogP contribution in [0.1, 0.15) is 10.4 Å². The van der Waals surface area contributed by atoms with Gasteiger partial charge in [-0.15, -0.1) is 0 Å². The zero-order valence-electron chi connectivity index (χ0n) is 9.21. The lowest BCUT2D eigenvalue weighted by molar-refractivity contribution is 0.0572. The van der Waals surface area contributed by atoms with Crippen LogP contribution in [0.4, 0.5) is 4.39 Å². The van der Waals surface area contributed by atoms with E-state index < -0.39 is 18.0 Å². The van der Waals surface area contributed by atoms with Gasteiger partial charge in [-0.3, -0.25) is 9.69 Å². The molecule has 5 heteroatoms. The number of aliphatic hydroxyl groups is 2. The fourth-order valence-electron chi connectivity index (χ4n) is 1.95. The summed E-state index contributed by atoms with van der Waals surface area (Å²) >= 11 is 0. The van der Waals surface area contributed by atoms with E-state index >= 15 is 0 Å². The Labute approximate surface area is 98.3 Å². The van der Waals surface area contributed by atoms with Crippen molar-refractivity contribution in [2.45, 2.75) is 12.2 Å². The first kappa shape index (κ1) is 12.2. The molecule has 0 saturated carbocycles. The van der Waals surface area contributed by atoms with E-state index in [9.17, 15) is 19.4 Å². The van der Waals surface area contributed by atoms with Crippen molar-refractivity contribution >= 4 is 5.78 Å². The molecule has 0 spiro atoms. The largest absolute Gasteiger partial charge is 0.389 e. The number of hydrogen-bond acceptors (Lipinski definition) is 4. The lowest BCUT2D eigenvalue weighted by Gasteiger charge is -2.13. The quantitative estimate of drug-likeness (QED) is 0.731. The van der Waals surface area contributed by atoms with Crippen LogP contribution in [0, 0.1) is 5.82 Å². The first-order chi connectivity index (χ1) is 8.08. The molecule has 1 fully saturated rings. The lowest BCUT2D eigenvalue weighted by Crippen LogP contribution is -2.29. The van der Waals surface area contributed by atoms with Gasteiger partial charge in [0.1, 0.15) is 5.82 Å². The highest BCUT2D eigenvalue weighted by molar-refractivity contribution is 5.97. The third kappa shape index (κ3) is 2.69. The van der Waals surface area contributed by atoms with Gasteiger partial charge in [-0.1, -0.05) is 12.1 Å². The molecule has 0 aliphatic carbocycles. The van der Waals surface area contributed by atoms with Crippen LogP contribution in [0.15, 0.2) is 24.3 Å². The van der Waals surface area contributed by atoms with Crippen molar-refractivity contribution in [2.75, 3.05) is 19.6 Å². The molecule has 2 rings (SSSR count). The van der Waals surface area contributed by atoms with Crippen LogP contribution in [0.5, 0.6) is 0 Å². The summed E-state index contributed by atoms with van der Waals surface area (Å²) in [4.78, 5) is 13.4. The molecule has 17 heavy (non-hydrogen) atoms. The second kappa shape index (κ2) is 4.91. The van der Waals surface area contributed by atoms with E-state index in [0.29, 0.717) is 0 Å². The fourth-order valence-corrected chi connectivity index (χ4v) is 1.95. The fraction of sp³-hybridized carbons (Fsp3) is 0.417. The Hall–Kier alpha value is -1.30. The molecule has 1 aromatic rings. The number of carbonyl (C=O) groups is 1. The van der Waals surface area contributed by atoms with Gasteiger partial charge in [0.05, 0.1) is 24.3 Å². The van der Waals surface area contributed by atoms with Crippen LogP contribution >= 0.6 is 0 Å². The van der Waals surface area contributed by atoms with E-state index in [2.05, 4.69) is 0 Å². The first-order valence-corrected chi connectivity index (χ1v) is 5.44. The molecule has 0 amide bonds. The summed E-state index contributed by atoms with van der Waals surface area (Å²) in [5.41, 5.74) is 0.0448. The topological polar surface area (TPSA) is 60.8 Å². The van der Waals surface area contributed by atoms with Crippen LogP contribution in [-0.2, 0) is 0 Å². The normalized spacial score (nSPS) is 25.1. The summed E-state index contributed by atoms with van der Waals surface area (Å²) in [5, 5.41) is 18.7. The third-order valence-corrected chi connectivity index (χ3v) is 2.88.